The van der Waals surface area contributed by atoms with Crippen LogP contribution in [0.5, 0.6) is 5.75 Å². The summed E-state index contributed by atoms with van der Waals surface area (Å²) in [6, 6.07) is 5.19. The normalized spacial score (nSPS) is 34.6. The Bertz CT molecular complexity index is 1410. The molecule has 1 aliphatic heterocycles. The number of fused-ring (bicyclic) bond motifs is 4. The fourth-order valence-corrected chi connectivity index (χ4v) is 8.28. The van der Waals surface area contributed by atoms with E-state index in [0.29, 0.717) is 37.2 Å². The van der Waals surface area contributed by atoms with Gasteiger partial charge in [0.25, 0.3) is 0 Å². The van der Waals surface area contributed by atoms with Crippen molar-refractivity contribution >= 4 is 11.9 Å². The smallest absolute Gasteiger partial charge is 0.345 e. The molecule has 3 aliphatic rings. The highest BCUT2D eigenvalue weighted by molar-refractivity contribution is 5.67. The number of pyridine rings is 1. The van der Waals surface area contributed by atoms with E-state index in [1.807, 2.05) is 13.8 Å². The number of aromatic nitrogens is 1. The quantitative estimate of drug-likeness (QED) is 0.327. The number of carbonyl (C=O) groups is 2. The van der Waals surface area contributed by atoms with Crippen LogP contribution in [0.15, 0.2) is 39.8 Å². The van der Waals surface area contributed by atoms with E-state index in [4.69, 9.17) is 23.4 Å². The lowest BCUT2D eigenvalue weighted by molar-refractivity contribution is -0.274. The molecule has 2 aromatic heterocycles. The van der Waals surface area contributed by atoms with Crippen molar-refractivity contribution in [3.05, 3.63) is 46.6 Å². The maximum Gasteiger partial charge on any atom is 0.345 e. The molecule has 0 aromatic carbocycles. The minimum atomic E-state index is -1.22. The Morgan fingerprint density at radius 3 is 2.58 bits per heavy atom. The number of aliphatic hydroxyl groups is 1. The molecule has 2 aliphatic carbocycles. The molecule has 3 heterocycles. The second kappa shape index (κ2) is 11.7. The number of hydrogen-bond acceptors (Lipinski definition) is 10. The number of esters is 2. The van der Waals surface area contributed by atoms with Gasteiger partial charge >= 0.3 is 17.6 Å². The molecular weight excluding hydrogens is 554 g/mol. The molecule has 8 atom stereocenters. The van der Waals surface area contributed by atoms with E-state index in [9.17, 15) is 19.5 Å². The molecule has 2 saturated carbocycles. The van der Waals surface area contributed by atoms with E-state index >= 15 is 0 Å². The minimum absolute atomic E-state index is 0.0375. The maximum absolute atomic E-state index is 13.5. The third-order valence-corrected chi connectivity index (χ3v) is 10.2. The Labute approximate surface area is 252 Å². The SMILES string of the molecule is CCCCO[C@H]1CC2[C@](C)(CC[C@H](OC(C)=O)[C@@]2(C)COC(C)=O)C2[C@@H](O)c3c(cc(-c4cccnc4)oc3=O)O[C@@]21C. The van der Waals surface area contributed by atoms with Crippen molar-refractivity contribution in [2.24, 2.45) is 22.7 Å². The lowest BCUT2D eigenvalue weighted by atomic mass is 9.42. The van der Waals surface area contributed by atoms with E-state index in [1.54, 1.807) is 30.6 Å². The molecule has 0 amide bonds. The highest BCUT2D eigenvalue weighted by Gasteiger charge is 2.70. The van der Waals surface area contributed by atoms with Gasteiger partial charge in [-0.05, 0) is 56.1 Å². The monoisotopic (exact) mass is 597 g/mol. The van der Waals surface area contributed by atoms with E-state index in [-0.39, 0.29) is 23.8 Å². The molecule has 0 bridgehead atoms. The zero-order chi connectivity index (χ0) is 31.2. The van der Waals surface area contributed by atoms with Gasteiger partial charge in [-0.25, -0.2) is 4.79 Å². The van der Waals surface area contributed by atoms with Gasteiger partial charge in [-0.15, -0.1) is 0 Å². The molecule has 0 spiro atoms. The average Bonchev–Trinajstić information content (AvgIpc) is 2.94. The van der Waals surface area contributed by atoms with Crippen LogP contribution < -0.4 is 10.4 Å². The second-order valence-electron chi connectivity index (χ2n) is 13.1. The fourth-order valence-electron chi connectivity index (χ4n) is 8.28. The molecule has 0 saturated heterocycles. The Morgan fingerprint density at radius 1 is 1.16 bits per heavy atom. The van der Waals surface area contributed by atoms with Crippen molar-refractivity contribution in [3.63, 3.8) is 0 Å². The zero-order valence-electron chi connectivity index (χ0n) is 25.9. The number of ether oxygens (including phenoxy) is 4. The first-order valence-corrected chi connectivity index (χ1v) is 15.2. The van der Waals surface area contributed by atoms with Crippen LogP contribution >= 0.6 is 0 Å². The first-order valence-electron chi connectivity index (χ1n) is 15.2. The van der Waals surface area contributed by atoms with Gasteiger partial charge < -0.3 is 28.5 Å². The Hall–Kier alpha value is -3.24. The van der Waals surface area contributed by atoms with Crippen LogP contribution in [0.25, 0.3) is 11.3 Å². The molecule has 1 N–H and O–H groups in total. The summed E-state index contributed by atoms with van der Waals surface area (Å²) in [4.78, 5) is 41.8. The average molecular weight is 598 g/mol. The molecule has 5 rings (SSSR count). The van der Waals surface area contributed by atoms with Crippen molar-refractivity contribution in [3.8, 4) is 17.1 Å². The third kappa shape index (κ3) is 5.37. The lowest BCUT2D eigenvalue weighted by Gasteiger charge is -2.66. The highest BCUT2D eigenvalue weighted by Crippen LogP contribution is 2.67. The molecule has 0 radical (unpaired) electrons. The van der Waals surface area contributed by atoms with Gasteiger partial charge in [0.15, 0.2) is 0 Å². The predicted molar refractivity (Wildman–Crippen MR) is 156 cm³/mol. The number of rotatable bonds is 8. The number of unbranched alkanes of at least 4 members (excludes halogenated alkanes) is 1. The minimum Gasteiger partial charge on any atom is -0.484 e. The molecule has 10 heteroatoms. The fraction of sp³-hybridized carbons (Fsp3) is 0.636. The largest absolute Gasteiger partial charge is 0.484 e. The van der Waals surface area contributed by atoms with Gasteiger partial charge in [-0.2, -0.15) is 0 Å². The first kappa shape index (κ1) is 31.2. The number of aliphatic hydroxyl groups excluding tert-OH is 1. The summed E-state index contributed by atoms with van der Waals surface area (Å²) < 4.78 is 30.5. The van der Waals surface area contributed by atoms with Gasteiger partial charge in [0, 0.05) is 55.8 Å². The number of carbonyl (C=O) groups excluding carboxylic acids is 2. The van der Waals surface area contributed by atoms with Crippen LogP contribution in [0.4, 0.5) is 0 Å². The summed E-state index contributed by atoms with van der Waals surface area (Å²) in [6.07, 6.45) is 4.40. The first-order chi connectivity index (χ1) is 20.3. The summed E-state index contributed by atoms with van der Waals surface area (Å²) in [5.74, 6) is -1.07. The van der Waals surface area contributed by atoms with E-state index in [2.05, 4.69) is 18.8 Å². The highest BCUT2D eigenvalue weighted by atomic mass is 16.6. The summed E-state index contributed by atoms with van der Waals surface area (Å²) in [7, 11) is 0. The topological polar surface area (TPSA) is 134 Å². The molecule has 2 aromatic rings. The molecule has 2 fully saturated rings. The van der Waals surface area contributed by atoms with Gasteiger partial charge in [0.2, 0.25) is 0 Å². The Balaban J connectivity index is 1.64. The lowest BCUT2D eigenvalue weighted by Crippen LogP contribution is -2.71. The van der Waals surface area contributed by atoms with Crippen LogP contribution in [-0.2, 0) is 23.8 Å². The zero-order valence-corrected chi connectivity index (χ0v) is 25.9. The molecular formula is C33H43NO9. The standard InChI is InChI=1S/C33H43NO9/c1-7-8-14-39-26-16-24-31(4,12-11-25(41-20(3)36)32(24,5)18-40-19(2)35)29-28(37)27-23(43-33(26,29)6)15-22(42-30(27)38)21-10-9-13-34-17-21/h9-10,13,15,17,24-26,28-29,37H,7-8,11-12,14,16,18H2,1-6H3/t24?,25-,26-,28-,29?,31-,32-,33+/m0/s1. The van der Waals surface area contributed by atoms with E-state index in [1.165, 1.54) is 13.8 Å². The van der Waals surface area contributed by atoms with Crippen LogP contribution in [0.1, 0.15) is 85.3 Å². The maximum atomic E-state index is 13.5. The van der Waals surface area contributed by atoms with Crippen LogP contribution in [-0.4, -0.2) is 53.1 Å². The van der Waals surface area contributed by atoms with Gasteiger partial charge in [-0.1, -0.05) is 27.2 Å². The van der Waals surface area contributed by atoms with Gasteiger partial charge in [0.05, 0.1) is 12.2 Å². The van der Waals surface area contributed by atoms with Crippen LogP contribution in [0.2, 0.25) is 0 Å². The molecule has 10 nitrogen and oxygen atoms in total. The van der Waals surface area contributed by atoms with Crippen LogP contribution in [0, 0.1) is 22.7 Å². The van der Waals surface area contributed by atoms with Crippen molar-refractivity contribution in [2.45, 2.75) is 97.6 Å². The molecule has 234 valence electrons. The Kier molecular flexibility index (Phi) is 8.48. The summed E-state index contributed by atoms with van der Waals surface area (Å²) in [5.41, 5.74) is -2.39. The van der Waals surface area contributed by atoms with Crippen molar-refractivity contribution in [1.29, 1.82) is 0 Å². The molecule has 43 heavy (non-hydrogen) atoms. The summed E-state index contributed by atoms with van der Waals surface area (Å²) in [5, 5.41) is 12.2. The van der Waals surface area contributed by atoms with E-state index < -0.39 is 58.2 Å². The third-order valence-electron chi connectivity index (χ3n) is 10.2. The summed E-state index contributed by atoms with van der Waals surface area (Å²) in [6.45, 7) is 11.4. The molecule has 2 unspecified atom stereocenters. The van der Waals surface area contributed by atoms with Gasteiger partial charge in [-0.3, -0.25) is 14.6 Å². The van der Waals surface area contributed by atoms with Crippen molar-refractivity contribution in [2.75, 3.05) is 13.2 Å². The number of hydrogen-bond donors (Lipinski definition) is 1. The van der Waals surface area contributed by atoms with Crippen LogP contribution in [0.3, 0.4) is 0 Å². The Morgan fingerprint density at radius 2 is 1.93 bits per heavy atom. The second-order valence-corrected chi connectivity index (χ2v) is 13.1. The van der Waals surface area contributed by atoms with E-state index in [0.717, 1.165) is 12.8 Å². The van der Waals surface area contributed by atoms with Crippen molar-refractivity contribution in [1.82, 2.24) is 4.98 Å². The van der Waals surface area contributed by atoms with Gasteiger partial charge in [0.1, 0.15) is 35.4 Å². The van der Waals surface area contributed by atoms with Crippen molar-refractivity contribution < 1.29 is 38.1 Å². The predicted octanol–water partition coefficient (Wildman–Crippen LogP) is 5.01. The summed E-state index contributed by atoms with van der Waals surface area (Å²) >= 11 is 0. The number of nitrogens with zero attached hydrogens (tertiary/aromatic N) is 1.